The van der Waals surface area contributed by atoms with Crippen molar-refractivity contribution < 1.29 is 14.3 Å². The summed E-state index contributed by atoms with van der Waals surface area (Å²) in [6, 6.07) is 5.70. The Morgan fingerprint density at radius 2 is 2.24 bits per heavy atom. The maximum atomic E-state index is 11.4. The molecule has 5 heteroatoms. The Labute approximate surface area is 105 Å². The zero-order valence-electron chi connectivity index (χ0n) is 9.69. The first-order chi connectivity index (χ1) is 8.29. The van der Waals surface area contributed by atoms with Crippen molar-refractivity contribution in [1.82, 2.24) is 5.32 Å². The van der Waals surface area contributed by atoms with E-state index in [-0.39, 0.29) is 12.7 Å². The van der Waals surface area contributed by atoms with Gasteiger partial charge >= 0.3 is 0 Å². The first-order valence-electron chi connectivity index (χ1n) is 5.44. The molecule has 0 aromatic heterocycles. The summed E-state index contributed by atoms with van der Waals surface area (Å²) in [7, 11) is 0. The molecule has 1 aromatic carbocycles. The van der Waals surface area contributed by atoms with E-state index in [1.54, 1.807) is 11.8 Å². The van der Waals surface area contributed by atoms with Crippen molar-refractivity contribution in [3.63, 3.8) is 0 Å². The molecule has 0 radical (unpaired) electrons. The molecule has 1 heterocycles. The monoisotopic (exact) mass is 253 g/mol. The first kappa shape index (κ1) is 12.1. The van der Waals surface area contributed by atoms with Gasteiger partial charge in [0, 0.05) is 18.7 Å². The van der Waals surface area contributed by atoms with Crippen LogP contribution in [-0.2, 0) is 11.3 Å². The Kier molecular flexibility index (Phi) is 4.14. The molecule has 0 saturated carbocycles. The standard InChI is InChI=1S/C12H15NO3S/c1-17-5-4-12(14)13-7-9-2-3-10-11(6-9)16-8-15-10/h2-3,6H,4-5,7-8H2,1H3,(H,13,14). The van der Waals surface area contributed by atoms with Crippen molar-refractivity contribution in [2.45, 2.75) is 13.0 Å². The van der Waals surface area contributed by atoms with Gasteiger partial charge in [-0.1, -0.05) is 6.07 Å². The first-order valence-corrected chi connectivity index (χ1v) is 6.83. The molecule has 1 amide bonds. The number of nitrogens with one attached hydrogen (secondary N) is 1. The molecule has 0 saturated heterocycles. The highest BCUT2D eigenvalue weighted by atomic mass is 32.2. The molecule has 1 aliphatic rings. The largest absolute Gasteiger partial charge is 0.454 e. The number of amides is 1. The number of hydrogen-bond acceptors (Lipinski definition) is 4. The van der Waals surface area contributed by atoms with Gasteiger partial charge in [0.25, 0.3) is 0 Å². The summed E-state index contributed by atoms with van der Waals surface area (Å²) in [5, 5.41) is 2.88. The lowest BCUT2D eigenvalue weighted by Crippen LogP contribution is -2.22. The van der Waals surface area contributed by atoms with Crippen LogP contribution in [0, 0.1) is 0 Å². The summed E-state index contributed by atoms with van der Waals surface area (Å²) in [5.74, 6) is 2.45. The Bertz CT molecular complexity index is 409. The Balaban J connectivity index is 1.85. The molecule has 0 atom stereocenters. The summed E-state index contributed by atoms with van der Waals surface area (Å²) in [6.45, 7) is 0.808. The maximum Gasteiger partial charge on any atom is 0.231 e. The minimum absolute atomic E-state index is 0.0806. The summed E-state index contributed by atoms with van der Waals surface area (Å²) < 4.78 is 10.5. The van der Waals surface area contributed by atoms with Crippen LogP contribution >= 0.6 is 11.8 Å². The van der Waals surface area contributed by atoms with E-state index in [9.17, 15) is 4.79 Å². The van der Waals surface area contributed by atoms with Crippen molar-refractivity contribution in [3.05, 3.63) is 23.8 Å². The number of benzene rings is 1. The van der Waals surface area contributed by atoms with Crippen LogP contribution < -0.4 is 14.8 Å². The Hall–Kier alpha value is -1.36. The van der Waals surface area contributed by atoms with Crippen LogP contribution in [0.2, 0.25) is 0 Å². The van der Waals surface area contributed by atoms with Crippen molar-refractivity contribution in [1.29, 1.82) is 0 Å². The topological polar surface area (TPSA) is 47.6 Å². The second kappa shape index (κ2) is 5.82. The second-order valence-electron chi connectivity index (χ2n) is 3.71. The highest BCUT2D eigenvalue weighted by Gasteiger charge is 2.13. The average Bonchev–Trinajstić information content (AvgIpc) is 2.81. The molecule has 0 aliphatic carbocycles. The van der Waals surface area contributed by atoms with E-state index >= 15 is 0 Å². The molecular weight excluding hydrogens is 238 g/mol. The third-order valence-corrected chi connectivity index (χ3v) is 3.07. The molecule has 0 fully saturated rings. The van der Waals surface area contributed by atoms with Crippen LogP contribution in [-0.4, -0.2) is 24.7 Å². The Morgan fingerprint density at radius 3 is 3.06 bits per heavy atom. The maximum absolute atomic E-state index is 11.4. The van der Waals surface area contributed by atoms with E-state index in [1.807, 2.05) is 24.5 Å². The van der Waals surface area contributed by atoms with Crippen LogP contribution in [0.15, 0.2) is 18.2 Å². The molecule has 1 aromatic rings. The van der Waals surface area contributed by atoms with Gasteiger partial charge in [-0.25, -0.2) is 0 Å². The fourth-order valence-electron chi connectivity index (χ4n) is 1.53. The smallest absolute Gasteiger partial charge is 0.231 e. The fourth-order valence-corrected chi connectivity index (χ4v) is 1.92. The normalized spacial score (nSPS) is 12.5. The number of hydrogen-bond donors (Lipinski definition) is 1. The van der Waals surface area contributed by atoms with E-state index < -0.39 is 0 Å². The van der Waals surface area contributed by atoms with Gasteiger partial charge in [-0.2, -0.15) is 11.8 Å². The molecular formula is C12H15NO3S. The Morgan fingerprint density at radius 1 is 1.41 bits per heavy atom. The summed E-state index contributed by atoms with van der Waals surface area (Å²) >= 11 is 1.67. The molecule has 0 unspecified atom stereocenters. The van der Waals surface area contributed by atoms with E-state index in [2.05, 4.69) is 5.32 Å². The van der Waals surface area contributed by atoms with Crippen LogP contribution in [0.3, 0.4) is 0 Å². The fraction of sp³-hybridized carbons (Fsp3) is 0.417. The van der Waals surface area contributed by atoms with Crippen LogP contribution in [0.5, 0.6) is 11.5 Å². The van der Waals surface area contributed by atoms with E-state index in [4.69, 9.17) is 9.47 Å². The van der Waals surface area contributed by atoms with Crippen LogP contribution in [0.25, 0.3) is 0 Å². The zero-order chi connectivity index (χ0) is 12.1. The predicted octanol–water partition coefficient (Wildman–Crippen LogP) is 1.78. The molecule has 0 bridgehead atoms. The summed E-state index contributed by atoms with van der Waals surface area (Å²) in [4.78, 5) is 11.4. The van der Waals surface area contributed by atoms with Gasteiger partial charge < -0.3 is 14.8 Å². The second-order valence-corrected chi connectivity index (χ2v) is 4.69. The number of carbonyl (C=O) groups is 1. The quantitative estimate of drug-likeness (QED) is 0.869. The summed E-state index contributed by atoms with van der Waals surface area (Å²) in [6.07, 6.45) is 2.55. The lowest BCUT2D eigenvalue weighted by molar-refractivity contribution is -0.120. The van der Waals surface area contributed by atoms with Gasteiger partial charge in [0.05, 0.1) is 0 Å². The van der Waals surface area contributed by atoms with Gasteiger partial charge in [0.2, 0.25) is 12.7 Å². The van der Waals surface area contributed by atoms with Crippen molar-refractivity contribution in [2.24, 2.45) is 0 Å². The molecule has 1 N–H and O–H groups in total. The number of rotatable bonds is 5. The number of fused-ring (bicyclic) bond motifs is 1. The average molecular weight is 253 g/mol. The van der Waals surface area contributed by atoms with Crippen molar-refractivity contribution >= 4 is 17.7 Å². The lowest BCUT2D eigenvalue weighted by Gasteiger charge is -2.05. The molecule has 17 heavy (non-hydrogen) atoms. The molecule has 2 rings (SSSR count). The van der Waals surface area contributed by atoms with Gasteiger partial charge in [-0.05, 0) is 24.0 Å². The highest BCUT2D eigenvalue weighted by Crippen LogP contribution is 2.32. The SMILES string of the molecule is CSCCC(=O)NCc1ccc2c(c1)OCO2. The molecule has 1 aliphatic heterocycles. The van der Waals surface area contributed by atoms with E-state index in [0.717, 1.165) is 22.8 Å². The van der Waals surface area contributed by atoms with Crippen LogP contribution in [0.1, 0.15) is 12.0 Å². The van der Waals surface area contributed by atoms with Crippen molar-refractivity contribution in [3.8, 4) is 11.5 Å². The number of carbonyl (C=O) groups excluding carboxylic acids is 1. The van der Waals surface area contributed by atoms with E-state index in [0.29, 0.717) is 13.0 Å². The van der Waals surface area contributed by atoms with Gasteiger partial charge in [-0.15, -0.1) is 0 Å². The van der Waals surface area contributed by atoms with Gasteiger partial charge in [-0.3, -0.25) is 4.79 Å². The van der Waals surface area contributed by atoms with Crippen molar-refractivity contribution in [2.75, 3.05) is 18.8 Å². The van der Waals surface area contributed by atoms with Crippen LogP contribution in [0.4, 0.5) is 0 Å². The minimum atomic E-state index is 0.0806. The zero-order valence-corrected chi connectivity index (χ0v) is 10.5. The highest BCUT2D eigenvalue weighted by molar-refractivity contribution is 7.98. The minimum Gasteiger partial charge on any atom is -0.454 e. The molecule has 0 spiro atoms. The lowest BCUT2D eigenvalue weighted by atomic mass is 10.2. The molecule has 4 nitrogen and oxygen atoms in total. The third kappa shape index (κ3) is 3.30. The van der Waals surface area contributed by atoms with Gasteiger partial charge in [0.15, 0.2) is 11.5 Å². The number of thioether (sulfide) groups is 1. The predicted molar refractivity (Wildman–Crippen MR) is 67.4 cm³/mol. The number of ether oxygens (including phenoxy) is 2. The van der Waals surface area contributed by atoms with E-state index in [1.165, 1.54) is 0 Å². The van der Waals surface area contributed by atoms with Gasteiger partial charge in [0.1, 0.15) is 0 Å². The third-order valence-electron chi connectivity index (χ3n) is 2.46. The molecule has 92 valence electrons. The summed E-state index contributed by atoms with van der Waals surface area (Å²) in [5.41, 5.74) is 1.02.